The second kappa shape index (κ2) is 7.44. The Morgan fingerprint density at radius 1 is 1.04 bits per heavy atom. The Morgan fingerprint density at radius 2 is 1.72 bits per heavy atom. The molecule has 128 valence electrons. The summed E-state index contributed by atoms with van der Waals surface area (Å²) in [6.45, 7) is 0.178. The monoisotopic (exact) mass is 398 g/mol. The Labute approximate surface area is 157 Å². The maximum absolute atomic E-state index is 14.0. The van der Waals surface area contributed by atoms with Crippen LogP contribution in [0.4, 0.5) is 4.39 Å². The maximum atomic E-state index is 14.0. The van der Waals surface area contributed by atoms with Gasteiger partial charge in [-0.2, -0.15) is 9.78 Å². The van der Waals surface area contributed by atoms with Crippen LogP contribution in [0.2, 0.25) is 15.1 Å². The molecule has 0 fully saturated rings. The van der Waals surface area contributed by atoms with Crippen molar-refractivity contribution in [2.75, 3.05) is 0 Å². The van der Waals surface area contributed by atoms with Gasteiger partial charge in [-0.1, -0.05) is 46.9 Å². The number of ether oxygens (including phenoxy) is 1. The molecule has 25 heavy (non-hydrogen) atoms. The van der Waals surface area contributed by atoms with E-state index in [4.69, 9.17) is 39.5 Å². The summed E-state index contributed by atoms with van der Waals surface area (Å²) in [5.74, 6) is -0.583. The number of rotatable bonds is 4. The molecule has 0 saturated heterocycles. The number of aromatic nitrogens is 2. The van der Waals surface area contributed by atoms with E-state index in [1.54, 1.807) is 24.3 Å². The van der Waals surface area contributed by atoms with Gasteiger partial charge in [0.05, 0.1) is 6.20 Å². The van der Waals surface area contributed by atoms with E-state index in [0.29, 0.717) is 5.02 Å². The molecule has 0 saturated carbocycles. The average molecular weight is 400 g/mol. The number of benzene rings is 2. The van der Waals surface area contributed by atoms with E-state index in [1.165, 1.54) is 18.3 Å². The third kappa shape index (κ3) is 3.95. The van der Waals surface area contributed by atoms with E-state index >= 15 is 0 Å². The van der Waals surface area contributed by atoms with Gasteiger partial charge in [0.15, 0.2) is 10.8 Å². The number of halogens is 4. The van der Waals surface area contributed by atoms with E-state index in [2.05, 4.69) is 5.10 Å². The zero-order valence-electron chi connectivity index (χ0n) is 12.5. The lowest BCUT2D eigenvalue weighted by molar-refractivity contribution is 0.303. The Bertz CT molecular complexity index is 975. The third-order valence-electron chi connectivity index (χ3n) is 3.33. The van der Waals surface area contributed by atoms with Gasteiger partial charge >= 0.3 is 0 Å². The lowest BCUT2D eigenvalue weighted by Crippen LogP contribution is -2.23. The molecule has 8 heteroatoms. The number of hydrogen-bond donors (Lipinski definition) is 0. The first-order valence-electron chi connectivity index (χ1n) is 7.06. The van der Waals surface area contributed by atoms with Crippen molar-refractivity contribution in [3.63, 3.8) is 0 Å². The van der Waals surface area contributed by atoms with Crippen molar-refractivity contribution in [2.45, 2.75) is 6.61 Å². The summed E-state index contributed by atoms with van der Waals surface area (Å²) in [5, 5.41) is 4.54. The molecule has 2 aromatic carbocycles. The summed E-state index contributed by atoms with van der Waals surface area (Å²) >= 11 is 17.6. The SMILES string of the molecule is O=c1c(Cl)c(OCc2ccc(Cl)cc2)cnn1-c1ccc(Cl)cc1F. The predicted octanol–water partition coefficient (Wildman–Crippen LogP) is 4.91. The smallest absolute Gasteiger partial charge is 0.294 e. The van der Waals surface area contributed by atoms with Gasteiger partial charge in [-0.3, -0.25) is 4.79 Å². The van der Waals surface area contributed by atoms with Crippen molar-refractivity contribution in [3.8, 4) is 11.4 Å². The summed E-state index contributed by atoms with van der Waals surface area (Å²) < 4.78 is 20.3. The number of nitrogens with zero attached hydrogens (tertiary/aromatic N) is 2. The lowest BCUT2D eigenvalue weighted by Gasteiger charge is -2.10. The Morgan fingerprint density at radius 3 is 2.40 bits per heavy atom. The van der Waals surface area contributed by atoms with Gasteiger partial charge in [0.1, 0.15) is 18.1 Å². The third-order valence-corrected chi connectivity index (χ3v) is 4.17. The van der Waals surface area contributed by atoms with Crippen LogP contribution in [-0.4, -0.2) is 9.78 Å². The van der Waals surface area contributed by atoms with Crippen molar-refractivity contribution in [3.05, 3.63) is 85.5 Å². The molecule has 0 atom stereocenters. The molecule has 0 spiro atoms. The average Bonchev–Trinajstić information content (AvgIpc) is 2.58. The highest BCUT2D eigenvalue weighted by Crippen LogP contribution is 2.22. The van der Waals surface area contributed by atoms with Gasteiger partial charge in [-0.25, -0.2) is 4.39 Å². The van der Waals surface area contributed by atoms with E-state index in [1.807, 2.05) is 0 Å². The molecule has 1 aromatic heterocycles. The summed E-state index contributed by atoms with van der Waals surface area (Å²) in [5.41, 5.74) is 0.0884. The van der Waals surface area contributed by atoms with Gasteiger partial charge < -0.3 is 4.74 Å². The maximum Gasteiger partial charge on any atom is 0.294 e. The second-order valence-electron chi connectivity index (χ2n) is 5.05. The Hall–Kier alpha value is -2.08. The van der Waals surface area contributed by atoms with Gasteiger partial charge in [0.25, 0.3) is 5.56 Å². The normalized spacial score (nSPS) is 10.7. The molecule has 0 aliphatic carbocycles. The predicted molar refractivity (Wildman–Crippen MR) is 95.6 cm³/mol. The highest BCUT2D eigenvalue weighted by Gasteiger charge is 2.14. The van der Waals surface area contributed by atoms with Crippen LogP contribution in [0, 0.1) is 5.82 Å². The Kier molecular flexibility index (Phi) is 5.27. The van der Waals surface area contributed by atoms with E-state index in [-0.39, 0.29) is 28.1 Å². The molecule has 0 aliphatic heterocycles. The lowest BCUT2D eigenvalue weighted by atomic mass is 10.2. The van der Waals surface area contributed by atoms with Crippen LogP contribution in [0.5, 0.6) is 5.75 Å². The summed E-state index contributed by atoms with van der Waals surface area (Å²) in [6.07, 6.45) is 1.26. The van der Waals surface area contributed by atoms with Gasteiger partial charge in [-0.15, -0.1) is 0 Å². The fourth-order valence-electron chi connectivity index (χ4n) is 2.08. The molecular formula is C17H10Cl3FN2O2. The first kappa shape index (κ1) is 17.7. The topological polar surface area (TPSA) is 44.1 Å². The zero-order valence-corrected chi connectivity index (χ0v) is 14.8. The van der Waals surface area contributed by atoms with Crippen molar-refractivity contribution >= 4 is 34.8 Å². The van der Waals surface area contributed by atoms with Crippen LogP contribution in [0.3, 0.4) is 0 Å². The minimum absolute atomic E-state index is 0.0550. The highest BCUT2D eigenvalue weighted by molar-refractivity contribution is 6.32. The standard InChI is InChI=1S/C17H10Cl3FN2O2/c18-11-3-1-10(2-4-11)9-25-15-8-22-23(17(24)16(15)20)14-6-5-12(19)7-13(14)21/h1-8H,9H2. The molecule has 0 amide bonds. The second-order valence-corrected chi connectivity index (χ2v) is 6.30. The fraction of sp³-hybridized carbons (Fsp3) is 0.0588. The molecule has 4 nitrogen and oxygen atoms in total. The van der Waals surface area contributed by atoms with Crippen molar-refractivity contribution in [1.82, 2.24) is 9.78 Å². The fourth-order valence-corrected chi connectivity index (χ4v) is 2.55. The van der Waals surface area contributed by atoms with Crippen LogP contribution < -0.4 is 10.3 Å². The molecule has 0 unspecified atom stereocenters. The van der Waals surface area contributed by atoms with Crippen LogP contribution in [-0.2, 0) is 6.61 Å². The minimum atomic E-state index is -0.698. The van der Waals surface area contributed by atoms with Gasteiger partial charge in [-0.05, 0) is 35.9 Å². The van der Waals surface area contributed by atoms with Gasteiger partial charge in [0.2, 0.25) is 0 Å². The largest absolute Gasteiger partial charge is 0.485 e. The Balaban J connectivity index is 1.87. The summed E-state index contributed by atoms with van der Waals surface area (Å²) in [7, 11) is 0. The molecule has 1 heterocycles. The van der Waals surface area contributed by atoms with Crippen molar-refractivity contribution in [2.24, 2.45) is 0 Å². The molecule has 0 aliphatic rings. The quantitative estimate of drug-likeness (QED) is 0.626. The molecule has 3 aromatic rings. The molecule has 0 N–H and O–H groups in total. The van der Waals surface area contributed by atoms with E-state index in [0.717, 1.165) is 16.3 Å². The minimum Gasteiger partial charge on any atom is -0.485 e. The van der Waals surface area contributed by atoms with Crippen molar-refractivity contribution < 1.29 is 9.13 Å². The van der Waals surface area contributed by atoms with E-state index < -0.39 is 11.4 Å². The summed E-state index contributed by atoms with van der Waals surface area (Å²) in [6, 6.07) is 10.9. The molecule has 0 radical (unpaired) electrons. The van der Waals surface area contributed by atoms with Crippen LogP contribution in [0.25, 0.3) is 5.69 Å². The first-order valence-corrected chi connectivity index (χ1v) is 8.19. The summed E-state index contributed by atoms with van der Waals surface area (Å²) in [4.78, 5) is 12.4. The molecule has 3 rings (SSSR count). The first-order chi connectivity index (χ1) is 12.0. The number of hydrogen-bond acceptors (Lipinski definition) is 3. The molecular weight excluding hydrogens is 390 g/mol. The zero-order chi connectivity index (χ0) is 18.0. The van der Waals surface area contributed by atoms with Crippen LogP contribution in [0.15, 0.2) is 53.5 Å². The molecule has 0 bridgehead atoms. The van der Waals surface area contributed by atoms with Crippen LogP contribution in [0.1, 0.15) is 5.56 Å². The van der Waals surface area contributed by atoms with Gasteiger partial charge in [0, 0.05) is 10.0 Å². The van der Waals surface area contributed by atoms with Crippen molar-refractivity contribution in [1.29, 1.82) is 0 Å². The highest BCUT2D eigenvalue weighted by atomic mass is 35.5. The van der Waals surface area contributed by atoms with Crippen LogP contribution >= 0.6 is 34.8 Å². The van der Waals surface area contributed by atoms with E-state index in [9.17, 15) is 9.18 Å².